The summed E-state index contributed by atoms with van der Waals surface area (Å²) in [7, 11) is 0. The van der Waals surface area contributed by atoms with E-state index in [0.717, 1.165) is 13.0 Å². The van der Waals surface area contributed by atoms with Gasteiger partial charge in [0.1, 0.15) is 0 Å². The molecule has 1 aliphatic heterocycles. The number of hydrogen-bond acceptors (Lipinski definition) is 2. The third-order valence-electron chi connectivity index (χ3n) is 1.38. The van der Waals surface area contributed by atoms with Crippen molar-refractivity contribution in [3.63, 3.8) is 0 Å². The molecule has 0 atom stereocenters. The Morgan fingerprint density at radius 3 is 3.00 bits per heavy atom. The van der Waals surface area contributed by atoms with Gasteiger partial charge in [-0.25, -0.2) is 5.01 Å². The molecule has 51 valence electrons. The van der Waals surface area contributed by atoms with Crippen LogP contribution >= 0.6 is 0 Å². The first kappa shape index (κ1) is 6.55. The number of carbonyl (C=O) groups is 1. The Morgan fingerprint density at radius 2 is 2.56 bits per heavy atom. The molecule has 0 aromatic heterocycles. The van der Waals surface area contributed by atoms with Gasteiger partial charge in [0.15, 0.2) is 0 Å². The summed E-state index contributed by atoms with van der Waals surface area (Å²) in [4.78, 5) is 10.7. The summed E-state index contributed by atoms with van der Waals surface area (Å²) in [5.41, 5.74) is 2.70. The summed E-state index contributed by atoms with van der Waals surface area (Å²) in [5.74, 6) is 0.116. The van der Waals surface area contributed by atoms with Gasteiger partial charge in [0.05, 0.1) is 0 Å². The summed E-state index contributed by atoms with van der Waals surface area (Å²) in [5, 5.41) is 1.83. The Balaban J connectivity index is 2.32. The normalized spacial score (nSPS) is 21.7. The highest BCUT2D eigenvalue weighted by molar-refractivity contribution is 5.75. The van der Waals surface area contributed by atoms with E-state index in [1.54, 1.807) is 0 Å². The van der Waals surface area contributed by atoms with Crippen molar-refractivity contribution < 1.29 is 4.79 Å². The lowest BCUT2D eigenvalue weighted by atomic mass is 10.2. The van der Waals surface area contributed by atoms with Crippen LogP contribution in [0.3, 0.4) is 0 Å². The minimum absolute atomic E-state index is 0.116. The summed E-state index contributed by atoms with van der Waals surface area (Å²) < 4.78 is 0. The standard InChI is InChI=1S/C6H11N2O/c1-2-8-5-3-4-6(9)7-8/h1-5H2,(H,7,9). The molecule has 0 aliphatic carbocycles. The molecule has 1 amide bonds. The molecule has 0 saturated carbocycles. The smallest absolute Gasteiger partial charge is 0.234 e. The fourth-order valence-corrected chi connectivity index (χ4v) is 0.886. The van der Waals surface area contributed by atoms with E-state index in [2.05, 4.69) is 12.3 Å². The lowest BCUT2D eigenvalue weighted by Crippen LogP contribution is -2.46. The van der Waals surface area contributed by atoms with E-state index in [9.17, 15) is 4.79 Å². The van der Waals surface area contributed by atoms with Crippen LogP contribution < -0.4 is 5.43 Å². The fraction of sp³-hybridized carbons (Fsp3) is 0.667. The Labute approximate surface area is 55.0 Å². The van der Waals surface area contributed by atoms with Gasteiger partial charge >= 0.3 is 0 Å². The maximum Gasteiger partial charge on any atom is 0.234 e. The van der Waals surface area contributed by atoms with E-state index in [1.807, 2.05) is 5.01 Å². The van der Waals surface area contributed by atoms with Crippen molar-refractivity contribution in [1.29, 1.82) is 0 Å². The molecular weight excluding hydrogens is 116 g/mol. The average Bonchev–Trinajstić information content (AvgIpc) is 1.88. The number of hydrogen-bond donors (Lipinski definition) is 1. The molecule has 0 aromatic rings. The highest BCUT2D eigenvalue weighted by Crippen LogP contribution is 1.98. The molecule has 1 saturated heterocycles. The SMILES string of the molecule is [CH2]CN1CCCC(=O)N1. The largest absolute Gasteiger partial charge is 0.289 e. The van der Waals surface area contributed by atoms with Crippen molar-refractivity contribution in [2.45, 2.75) is 12.8 Å². The summed E-state index contributed by atoms with van der Waals surface area (Å²) in [6.45, 7) is 5.25. The Kier molecular flexibility index (Phi) is 2.05. The molecule has 3 heteroatoms. The predicted octanol–water partition coefficient (Wildman–Crippen LogP) is -0.0525. The minimum atomic E-state index is 0.116. The van der Waals surface area contributed by atoms with Gasteiger partial charge in [-0.3, -0.25) is 10.2 Å². The van der Waals surface area contributed by atoms with E-state index in [4.69, 9.17) is 0 Å². The second-order valence-corrected chi connectivity index (χ2v) is 2.13. The molecule has 1 radical (unpaired) electrons. The van der Waals surface area contributed by atoms with Gasteiger partial charge in [0.2, 0.25) is 5.91 Å². The van der Waals surface area contributed by atoms with Crippen LogP contribution in [0.1, 0.15) is 12.8 Å². The van der Waals surface area contributed by atoms with E-state index >= 15 is 0 Å². The molecule has 0 spiro atoms. The third kappa shape index (κ3) is 1.68. The zero-order valence-corrected chi connectivity index (χ0v) is 5.39. The number of amides is 1. The van der Waals surface area contributed by atoms with E-state index in [1.165, 1.54) is 0 Å². The topological polar surface area (TPSA) is 32.3 Å². The zero-order chi connectivity index (χ0) is 6.69. The highest BCUT2D eigenvalue weighted by atomic mass is 16.2. The van der Waals surface area contributed by atoms with Crippen LogP contribution in [-0.2, 0) is 4.79 Å². The molecule has 0 aromatic carbocycles. The van der Waals surface area contributed by atoms with Gasteiger partial charge in [-0.05, 0) is 13.3 Å². The first-order chi connectivity index (χ1) is 4.33. The van der Waals surface area contributed by atoms with Crippen LogP contribution in [0.2, 0.25) is 0 Å². The maximum atomic E-state index is 10.7. The second-order valence-electron chi connectivity index (χ2n) is 2.13. The molecule has 0 bridgehead atoms. The van der Waals surface area contributed by atoms with Gasteiger partial charge in [0.25, 0.3) is 0 Å². The Bertz CT molecular complexity index is 114. The van der Waals surface area contributed by atoms with Crippen LogP contribution in [0.5, 0.6) is 0 Å². The van der Waals surface area contributed by atoms with Gasteiger partial charge in [-0.2, -0.15) is 0 Å². The van der Waals surface area contributed by atoms with Crippen molar-refractivity contribution in [3.8, 4) is 0 Å². The molecule has 1 heterocycles. The summed E-state index contributed by atoms with van der Waals surface area (Å²) in [6.07, 6.45) is 1.62. The summed E-state index contributed by atoms with van der Waals surface area (Å²) in [6, 6.07) is 0. The number of rotatable bonds is 1. The molecular formula is C6H11N2O. The lowest BCUT2D eigenvalue weighted by molar-refractivity contribution is -0.128. The van der Waals surface area contributed by atoms with Gasteiger partial charge in [0, 0.05) is 19.5 Å². The predicted molar refractivity (Wildman–Crippen MR) is 34.3 cm³/mol. The van der Waals surface area contributed by atoms with E-state index in [0.29, 0.717) is 13.0 Å². The number of carbonyl (C=O) groups excluding carboxylic acids is 1. The lowest BCUT2D eigenvalue weighted by Gasteiger charge is -2.25. The molecule has 1 aliphatic rings. The van der Waals surface area contributed by atoms with Crippen LogP contribution in [0.15, 0.2) is 0 Å². The molecule has 1 N–H and O–H groups in total. The minimum Gasteiger partial charge on any atom is -0.289 e. The molecule has 0 unspecified atom stereocenters. The van der Waals surface area contributed by atoms with E-state index in [-0.39, 0.29) is 5.91 Å². The summed E-state index contributed by atoms with van der Waals surface area (Å²) >= 11 is 0. The monoisotopic (exact) mass is 127 g/mol. The van der Waals surface area contributed by atoms with Gasteiger partial charge in [-0.15, -0.1) is 0 Å². The Hall–Kier alpha value is -0.570. The third-order valence-corrected chi connectivity index (χ3v) is 1.38. The molecule has 1 rings (SSSR count). The van der Waals surface area contributed by atoms with Crippen molar-refractivity contribution in [2.24, 2.45) is 0 Å². The van der Waals surface area contributed by atoms with Crippen molar-refractivity contribution in [2.75, 3.05) is 13.1 Å². The maximum absolute atomic E-state index is 10.7. The Morgan fingerprint density at radius 1 is 1.78 bits per heavy atom. The zero-order valence-electron chi connectivity index (χ0n) is 5.39. The van der Waals surface area contributed by atoms with Crippen molar-refractivity contribution in [1.82, 2.24) is 10.4 Å². The molecule has 9 heavy (non-hydrogen) atoms. The first-order valence-corrected chi connectivity index (χ1v) is 3.16. The highest BCUT2D eigenvalue weighted by Gasteiger charge is 2.12. The number of hydrazine groups is 1. The molecule has 1 fully saturated rings. The van der Waals surface area contributed by atoms with Gasteiger partial charge < -0.3 is 0 Å². The fourth-order valence-electron chi connectivity index (χ4n) is 0.886. The van der Waals surface area contributed by atoms with Crippen molar-refractivity contribution >= 4 is 5.91 Å². The first-order valence-electron chi connectivity index (χ1n) is 3.16. The van der Waals surface area contributed by atoms with Crippen LogP contribution in [0.4, 0.5) is 0 Å². The second kappa shape index (κ2) is 2.82. The molecule has 3 nitrogen and oxygen atoms in total. The number of nitrogens with zero attached hydrogens (tertiary/aromatic N) is 1. The number of nitrogens with one attached hydrogen (secondary N) is 1. The van der Waals surface area contributed by atoms with Gasteiger partial charge in [-0.1, -0.05) is 0 Å². The van der Waals surface area contributed by atoms with Crippen molar-refractivity contribution in [3.05, 3.63) is 6.92 Å². The average molecular weight is 127 g/mol. The van der Waals surface area contributed by atoms with Crippen LogP contribution in [0, 0.1) is 6.92 Å². The van der Waals surface area contributed by atoms with E-state index < -0.39 is 0 Å². The quantitative estimate of drug-likeness (QED) is 0.535. The van der Waals surface area contributed by atoms with Crippen LogP contribution in [-0.4, -0.2) is 24.0 Å². The van der Waals surface area contributed by atoms with Crippen LogP contribution in [0.25, 0.3) is 0 Å².